The van der Waals surface area contributed by atoms with Gasteiger partial charge in [0.1, 0.15) is 5.41 Å². The van der Waals surface area contributed by atoms with Crippen LogP contribution in [0.5, 0.6) is 0 Å². The van der Waals surface area contributed by atoms with E-state index in [-0.39, 0.29) is 11.8 Å². The van der Waals surface area contributed by atoms with Gasteiger partial charge in [0.05, 0.1) is 0 Å². The third-order valence-corrected chi connectivity index (χ3v) is 3.20. The molecule has 0 aliphatic heterocycles. The smallest absolute Gasteiger partial charge is 0.235 e. The van der Waals surface area contributed by atoms with Crippen molar-refractivity contribution < 1.29 is 9.59 Å². The van der Waals surface area contributed by atoms with Crippen LogP contribution in [0.3, 0.4) is 0 Å². The summed E-state index contributed by atoms with van der Waals surface area (Å²) in [4.78, 5) is 23.8. The first-order chi connectivity index (χ1) is 7.54. The maximum atomic E-state index is 11.9. The summed E-state index contributed by atoms with van der Waals surface area (Å²) in [5.74, 6) is 0.279. The molecule has 0 atom stereocenters. The van der Waals surface area contributed by atoms with E-state index in [1.54, 1.807) is 0 Å². The molecule has 2 saturated carbocycles. The van der Waals surface area contributed by atoms with E-state index >= 15 is 0 Å². The van der Waals surface area contributed by atoms with Gasteiger partial charge in [-0.1, -0.05) is 13.8 Å². The standard InChI is InChI=1S/C12H20N2O2/c1-8(2)7-13-10(15)12(5-6-12)11(16)14-9-3-4-9/h8-9H,3-7H2,1-2H3,(H,13,15)(H,14,16). The summed E-state index contributed by atoms with van der Waals surface area (Å²) in [6, 6.07) is 0.336. The van der Waals surface area contributed by atoms with Gasteiger partial charge in [-0.25, -0.2) is 0 Å². The van der Waals surface area contributed by atoms with Crippen molar-refractivity contribution in [2.75, 3.05) is 6.54 Å². The van der Waals surface area contributed by atoms with Crippen LogP contribution in [0.15, 0.2) is 0 Å². The summed E-state index contributed by atoms with van der Waals surface area (Å²) in [5.41, 5.74) is -0.725. The van der Waals surface area contributed by atoms with Crippen molar-refractivity contribution in [3.63, 3.8) is 0 Å². The molecule has 0 saturated heterocycles. The fourth-order valence-corrected chi connectivity index (χ4v) is 1.70. The lowest BCUT2D eigenvalue weighted by atomic mass is 10.0. The molecule has 2 aliphatic rings. The van der Waals surface area contributed by atoms with Crippen LogP contribution in [0, 0.1) is 11.3 Å². The SMILES string of the molecule is CC(C)CNC(=O)C1(C(=O)NC2CC2)CC1. The van der Waals surface area contributed by atoms with E-state index in [4.69, 9.17) is 0 Å². The highest BCUT2D eigenvalue weighted by Crippen LogP contribution is 2.46. The first kappa shape index (κ1) is 11.4. The molecule has 0 aromatic rings. The molecule has 16 heavy (non-hydrogen) atoms. The predicted molar refractivity (Wildman–Crippen MR) is 60.7 cm³/mol. The zero-order chi connectivity index (χ0) is 11.8. The van der Waals surface area contributed by atoms with E-state index in [0.717, 1.165) is 12.8 Å². The molecule has 0 unspecified atom stereocenters. The zero-order valence-electron chi connectivity index (χ0n) is 10.0. The summed E-state index contributed by atoms with van der Waals surface area (Å²) in [5, 5.41) is 5.79. The molecule has 0 heterocycles. The van der Waals surface area contributed by atoms with E-state index in [9.17, 15) is 9.59 Å². The molecule has 90 valence electrons. The van der Waals surface area contributed by atoms with Crippen molar-refractivity contribution in [1.82, 2.24) is 10.6 Å². The van der Waals surface area contributed by atoms with Crippen molar-refractivity contribution >= 4 is 11.8 Å². The molecule has 4 nitrogen and oxygen atoms in total. The van der Waals surface area contributed by atoms with E-state index in [0.29, 0.717) is 31.3 Å². The van der Waals surface area contributed by atoms with Crippen LogP contribution < -0.4 is 10.6 Å². The molecule has 2 rings (SSSR count). The van der Waals surface area contributed by atoms with Gasteiger partial charge >= 0.3 is 0 Å². The monoisotopic (exact) mass is 224 g/mol. The van der Waals surface area contributed by atoms with E-state index < -0.39 is 5.41 Å². The largest absolute Gasteiger partial charge is 0.355 e. The van der Waals surface area contributed by atoms with Crippen LogP contribution >= 0.6 is 0 Å². The lowest BCUT2D eigenvalue weighted by Crippen LogP contribution is -2.44. The van der Waals surface area contributed by atoms with Crippen LogP contribution in [-0.4, -0.2) is 24.4 Å². The molecular weight excluding hydrogens is 204 g/mol. The first-order valence-electron chi connectivity index (χ1n) is 6.14. The zero-order valence-corrected chi connectivity index (χ0v) is 10.0. The van der Waals surface area contributed by atoms with Gasteiger partial charge in [-0.3, -0.25) is 9.59 Å². The van der Waals surface area contributed by atoms with Gasteiger partial charge < -0.3 is 10.6 Å². The minimum absolute atomic E-state index is 0.0590. The fraction of sp³-hybridized carbons (Fsp3) is 0.833. The highest BCUT2D eigenvalue weighted by atomic mass is 16.2. The molecular formula is C12H20N2O2. The van der Waals surface area contributed by atoms with Crippen molar-refractivity contribution in [3.8, 4) is 0 Å². The molecule has 0 spiro atoms. The number of nitrogens with one attached hydrogen (secondary N) is 2. The highest BCUT2D eigenvalue weighted by molar-refractivity contribution is 6.08. The van der Waals surface area contributed by atoms with Gasteiger partial charge in [0.2, 0.25) is 11.8 Å². The summed E-state index contributed by atoms with van der Waals surface area (Å²) in [6.07, 6.45) is 3.54. The first-order valence-corrected chi connectivity index (χ1v) is 6.14. The number of hydrogen-bond acceptors (Lipinski definition) is 2. The average Bonchev–Trinajstić information content (AvgIpc) is 3.06. The minimum Gasteiger partial charge on any atom is -0.355 e. The van der Waals surface area contributed by atoms with Crippen LogP contribution in [-0.2, 0) is 9.59 Å². The Balaban J connectivity index is 1.85. The summed E-state index contributed by atoms with van der Waals surface area (Å²) >= 11 is 0. The molecule has 4 heteroatoms. The topological polar surface area (TPSA) is 58.2 Å². The Morgan fingerprint density at radius 1 is 1.25 bits per heavy atom. The maximum Gasteiger partial charge on any atom is 0.235 e. The van der Waals surface area contributed by atoms with E-state index in [1.807, 2.05) is 13.8 Å². The van der Waals surface area contributed by atoms with Crippen molar-refractivity contribution in [2.24, 2.45) is 11.3 Å². The van der Waals surface area contributed by atoms with Crippen molar-refractivity contribution in [2.45, 2.75) is 45.6 Å². The number of rotatable bonds is 5. The summed E-state index contributed by atoms with van der Waals surface area (Å²) < 4.78 is 0. The Bertz CT molecular complexity index is 304. The number of amides is 2. The molecule has 2 aliphatic carbocycles. The average molecular weight is 224 g/mol. The second kappa shape index (κ2) is 4.07. The Morgan fingerprint density at radius 3 is 2.31 bits per heavy atom. The van der Waals surface area contributed by atoms with Gasteiger partial charge in [-0.2, -0.15) is 0 Å². The van der Waals surface area contributed by atoms with Gasteiger partial charge in [0, 0.05) is 12.6 Å². The molecule has 0 aromatic carbocycles. The molecule has 0 radical (unpaired) electrons. The number of carbonyl (C=O) groups excluding carboxylic acids is 2. The maximum absolute atomic E-state index is 11.9. The Hall–Kier alpha value is -1.06. The lowest BCUT2D eigenvalue weighted by molar-refractivity contribution is -0.137. The minimum atomic E-state index is -0.725. The molecule has 2 N–H and O–H groups in total. The van der Waals surface area contributed by atoms with Gasteiger partial charge in [0.15, 0.2) is 0 Å². The third-order valence-electron chi connectivity index (χ3n) is 3.20. The third kappa shape index (κ3) is 2.36. The Kier molecular flexibility index (Phi) is 2.91. The van der Waals surface area contributed by atoms with Crippen LogP contribution in [0.1, 0.15) is 39.5 Å². The van der Waals surface area contributed by atoms with Gasteiger partial charge in [-0.15, -0.1) is 0 Å². The van der Waals surface area contributed by atoms with E-state index in [1.165, 1.54) is 0 Å². The normalized spacial score (nSPS) is 21.7. The molecule has 2 fully saturated rings. The lowest BCUT2D eigenvalue weighted by Gasteiger charge is -2.16. The van der Waals surface area contributed by atoms with E-state index in [2.05, 4.69) is 10.6 Å². The molecule has 0 bridgehead atoms. The van der Waals surface area contributed by atoms with Gasteiger partial charge in [0.25, 0.3) is 0 Å². The second-order valence-corrected chi connectivity index (χ2v) is 5.43. The highest BCUT2D eigenvalue weighted by Gasteiger charge is 2.57. The second-order valence-electron chi connectivity index (χ2n) is 5.43. The van der Waals surface area contributed by atoms with Gasteiger partial charge in [-0.05, 0) is 31.6 Å². The van der Waals surface area contributed by atoms with Crippen LogP contribution in [0.25, 0.3) is 0 Å². The quantitative estimate of drug-likeness (QED) is 0.679. The summed E-state index contributed by atoms with van der Waals surface area (Å²) in [7, 11) is 0. The number of carbonyl (C=O) groups is 2. The molecule has 2 amide bonds. The van der Waals surface area contributed by atoms with Crippen molar-refractivity contribution in [3.05, 3.63) is 0 Å². The predicted octanol–water partition coefficient (Wildman–Crippen LogP) is 0.817. The summed E-state index contributed by atoms with van der Waals surface area (Å²) in [6.45, 7) is 4.74. The van der Waals surface area contributed by atoms with Crippen LogP contribution in [0.2, 0.25) is 0 Å². The van der Waals surface area contributed by atoms with Crippen LogP contribution in [0.4, 0.5) is 0 Å². The fourth-order valence-electron chi connectivity index (χ4n) is 1.70. The number of hydrogen-bond donors (Lipinski definition) is 2. The Morgan fingerprint density at radius 2 is 1.88 bits per heavy atom. The molecule has 0 aromatic heterocycles. The van der Waals surface area contributed by atoms with Crippen molar-refractivity contribution in [1.29, 1.82) is 0 Å². The Labute approximate surface area is 96.2 Å².